The van der Waals surface area contributed by atoms with Crippen LogP contribution in [0.3, 0.4) is 0 Å². The Labute approximate surface area is 377 Å². The molecule has 0 aliphatic carbocycles. The van der Waals surface area contributed by atoms with Gasteiger partial charge in [-0.3, -0.25) is 19.2 Å². The molecule has 4 rings (SSSR count). The van der Waals surface area contributed by atoms with Crippen LogP contribution in [0.2, 0.25) is 0 Å². The van der Waals surface area contributed by atoms with Crippen LogP contribution in [0, 0.1) is 11.3 Å². The van der Waals surface area contributed by atoms with E-state index in [2.05, 4.69) is 26.6 Å². The van der Waals surface area contributed by atoms with Gasteiger partial charge in [-0.2, -0.15) is 17.0 Å². The molecule has 2 fully saturated rings. The summed E-state index contributed by atoms with van der Waals surface area (Å²) in [5.74, 6) is -2.38. The number of nitrogens with zero attached hydrogens (tertiary/aromatic N) is 3. The van der Waals surface area contributed by atoms with Crippen molar-refractivity contribution in [2.75, 3.05) is 46.8 Å². The number of carboxylic acid groups (broad SMARTS) is 1. The summed E-state index contributed by atoms with van der Waals surface area (Å²) in [4.78, 5) is 82.2. The number of hydrogen-bond donors (Lipinski definition) is 6. The van der Waals surface area contributed by atoms with E-state index in [0.717, 1.165) is 0 Å². The highest BCUT2D eigenvalue weighted by Gasteiger charge is 2.49. The van der Waals surface area contributed by atoms with Gasteiger partial charge in [0.15, 0.2) is 0 Å². The molecule has 2 aromatic carbocycles. The van der Waals surface area contributed by atoms with Gasteiger partial charge in [0.25, 0.3) is 10.2 Å². The molecule has 64 heavy (non-hydrogen) atoms. The largest absolute Gasteiger partial charge is 0.465 e. The SMILES string of the molecule is CC(C)CC(NC(=O)C(Cc1ccccc1)NC(=O)C(Cc1ccccc1)NC(=O)O)C(=O)NC(CCCCNC(=O)OC(C)(C)C)C(=O)N1CC2(CCN(S(=O)(=O)N(C)C)CC2)C1. The van der Waals surface area contributed by atoms with E-state index >= 15 is 0 Å². The molecule has 2 aliphatic heterocycles. The second-order valence-electron chi connectivity index (χ2n) is 18.5. The second kappa shape index (κ2) is 23.1. The van der Waals surface area contributed by atoms with Crippen LogP contribution in [0.4, 0.5) is 9.59 Å². The lowest BCUT2D eigenvalue weighted by atomic mass is 9.72. The molecule has 2 aromatic rings. The highest BCUT2D eigenvalue weighted by Crippen LogP contribution is 2.41. The molecule has 6 N–H and O–H groups in total. The average molecular weight is 913 g/mol. The maximum Gasteiger partial charge on any atom is 0.407 e. The number of amides is 6. The monoisotopic (exact) mass is 912 g/mol. The Balaban J connectivity index is 1.50. The van der Waals surface area contributed by atoms with E-state index in [0.29, 0.717) is 63.0 Å². The minimum Gasteiger partial charge on any atom is -0.465 e. The van der Waals surface area contributed by atoms with Crippen LogP contribution in [-0.4, -0.2) is 139 Å². The molecule has 6 amide bonds. The van der Waals surface area contributed by atoms with Crippen molar-refractivity contribution in [3.05, 3.63) is 71.8 Å². The Hall–Kier alpha value is -5.27. The van der Waals surface area contributed by atoms with Crippen LogP contribution in [0.25, 0.3) is 0 Å². The van der Waals surface area contributed by atoms with E-state index in [1.165, 1.54) is 22.7 Å². The summed E-state index contributed by atoms with van der Waals surface area (Å²) in [7, 11) is -0.575. The van der Waals surface area contributed by atoms with Crippen LogP contribution in [0.5, 0.6) is 0 Å². The topological polar surface area (TPSA) is 236 Å². The maximum absolute atomic E-state index is 14.3. The highest BCUT2D eigenvalue weighted by molar-refractivity contribution is 7.86. The van der Waals surface area contributed by atoms with E-state index in [1.54, 1.807) is 80.3 Å². The van der Waals surface area contributed by atoms with E-state index in [-0.39, 0.29) is 49.5 Å². The summed E-state index contributed by atoms with van der Waals surface area (Å²) in [5.41, 5.74) is 0.496. The number of benzene rings is 2. The normalized spacial score (nSPS) is 17.0. The Bertz CT molecular complexity index is 2000. The summed E-state index contributed by atoms with van der Waals surface area (Å²) in [6, 6.07) is 13.3. The van der Waals surface area contributed by atoms with Crippen LogP contribution in [-0.2, 0) is 47.0 Å². The lowest BCUT2D eigenvalue weighted by Gasteiger charge is -2.54. The maximum atomic E-state index is 14.3. The van der Waals surface area contributed by atoms with Crippen molar-refractivity contribution in [2.45, 2.75) is 116 Å². The predicted octanol–water partition coefficient (Wildman–Crippen LogP) is 3.03. The molecule has 2 heterocycles. The molecule has 0 bridgehead atoms. The standard InChI is InChI=1S/C45H68N8O10S/c1-31(2)26-35(48-39(55)36(27-32-16-10-8-11-17-32)49-40(56)37(50-42(58)59)28-33-18-12-9-13-19-33)38(54)47-34(20-14-15-23-46-43(60)63-44(3,4)5)41(57)52-29-45(30-52)21-24-53(25-22-45)64(61,62)51(6)7/h8-13,16-19,31,34-37,50H,14-15,20-30H2,1-7H3,(H,46,60)(H,47,54)(H,48,55)(H,49,56)(H,58,59). The number of likely N-dealkylation sites (tertiary alicyclic amines) is 1. The first-order valence-corrected chi connectivity index (χ1v) is 23.4. The Morgan fingerprint density at radius 2 is 1.23 bits per heavy atom. The van der Waals surface area contributed by atoms with Crippen LogP contribution >= 0.6 is 0 Å². The molecular formula is C45H68N8O10S. The predicted molar refractivity (Wildman–Crippen MR) is 241 cm³/mol. The van der Waals surface area contributed by atoms with Gasteiger partial charge in [-0.15, -0.1) is 0 Å². The van der Waals surface area contributed by atoms with Gasteiger partial charge >= 0.3 is 12.2 Å². The Morgan fingerprint density at radius 1 is 0.750 bits per heavy atom. The quantitative estimate of drug-likeness (QED) is 0.100. The summed E-state index contributed by atoms with van der Waals surface area (Å²) in [6.45, 7) is 10.8. The van der Waals surface area contributed by atoms with Gasteiger partial charge in [0, 0.05) is 65.1 Å². The van der Waals surface area contributed by atoms with Gasteiger partial charge < -0.3 is 41.3 Å². The molecule has 354 valence electrons. The van der Waals surface area contributed by atoms with Gasteiger partial charge in [-0.1, -0.05) is 74.5 Å². The van der Waals surface area contributed by atoms with Crippen LogP contribution < -0.4 is 26.6 Å². The number of alkyl carbamates (subject to hydrolysis) is 1. The number of ether oxygens (including phenoxy) is 1. The molecule has 0 aromatic heterocycles. The first-order valence-electron chi connectivity index (χ1n) is 22.0. The zero-order valence-electron chi connectivity index (χ0n) is 38.2. The molecule has 4 unspecified atom stereocenters. The molecule has 1 spiro atoms. The molecule has 2 saturated heterocycles. The summed E-state index contributed by atoms with van der Waals surface area (Å²) < 4.78 is 33.4. The molecule has 19 heteroatoms. The minimum absolute atomic E-state index is 0.0262. The number of piperidine rings is 1. The van der Waals surface area contributed by atoms with E-state index < -0.39 is 69.9 Å². The molecule has 0 radical (unpaired) electrons. The van der Waals surface area contributed by atoms with E-state index in [4.69, 9.17) is 4.74 Å². The third-order valence-electron chi connectivity index (χ3n) is 11.3. The number of hydrogen-bond acceptors (Lipinski definition) is 9. The molecular weight excluding hydrogens is 845 g/mol. The van der Waals surface area contributed by atoms with Crippen molar-refractivity contribution in [1.82, 2.24) is 40.1 Å². The Morgan fingerprint density at radius 3 is 1.72 bits per heavy atom. The number of unbranched alkanes of at least 4 members (excludes halogenated alkanes) is 1. The van der Waals surface area contributed by atoms with E-state index in [1.807, 2.05) is 19.9 Å². The van der Waals surface area contributed by atoms with Gasteiger partial charge in [-0.25, -0.2) is 9.59 Å². The third kappa shape index (κ3) is 15.8. The van der Waals surface area contributed by atoms with Gasteiger partial charge in [0.05, 0.1) is 0 Å². The van der Waals surface area contributed by atoms with Gasteiger partial charge in [0.2, 0.25) is 23.6 Å². The highest BCUT2D eigenvalue weighted by atomic mass is 32.2. The van der Waals surface area contributed by atoms with Crippen molar-refractivity contribution in [3.63, 3.8) is 0 Å². The number of carbonyl (C=O) groups is 6. The van der Waals surface area contributed by atoms with Crippen molar-refractivity contribution in [3.8, 4) is 0 Å². The van der Waals surface area contributed by atoms with Gasteiger partial charge in [-0.05, 0) is 76.3 Å². The first-order chi connectivity index (χ1) is 30.1. The fourth-order valence-electron chi connectivity index (χ4n) is 7.90. The number of carbonyl (C=O) groups excluding carboxylic acids is 5. The smallest absolute Gasteiger partial charge is 0.407 e. The van der Waals surface area contributed by atoms with Crippen molar-refractivity contribution in [1.29, 1.82) is 0 Å². The van der Waals surface area contributed by atoms with Crippen molar-refractivity contribution < 1.29 is 47.0 Å². The molecule has 4 atom stereocenters. The average Bonchev–Trinajstić information content (AvgIpc) is 3.20. The molecule has 2 aliphatic rings. The van der Waals surface area contributed by atoms with Crippen LogP contribution in [0.15, 0.2) is 60.7 Å². The van der Waals surface area contributed by atoms with Gasteiger partial charge in [0.1, 0.15) is 29.8 Å². The fraction of sp³-hybridized carbons (Fsp3) is 0.600. The number of nitrogens with one attached hydrogen (secondary N) is 5. The minimum atomic E-state index is -3.56. The summed E-state index contributed by atoms with van der Waals surface area (Å²) in [5, 5.41) is 23.1. The second-order valence-corrected chi connectivity index (χ2v) is 20.6. The first kappa shape index (κ1) is 51.4. The van der Waals surface area contributed by atoms with Crippen molar-refractivity contribution >= 4 is 46.0 Å². The summed E-state index contributed by atoms with van der Waals surface area (Å²) in [6.07, 6.45) is 0.603. The van der Waals surface area contributed by atoms with Crippen molar-refractivity contribution in [2.24, 2.45) is 11.3 Å². The fourth-order valence-corrected chi connectivity index (χ4v) is 9.01. The third-order valence-corrected chi connectivity index (χ3v) is 13.2. The Kier molecular flexibility index (Phi) is 18.5. The molecule has 18 nitrogen and oxygen atoms in total. The zero-order valence-corrected chi connectivity index (χ0v) is 39.0. The number of rotatable bonds is 21. The lowest BCUT2D eigenvalue weighted by Crippen LogP contribution is -2.66. The van der Waals surface area contributed by atoms with Crippen LogP contribution in [0.1, 0.15) is 84.3 Å². The van der Waals surface area contributed by atoms with E-state index in [9.17, 15) is 42.3 Å². The molecule has 0 saturated carbocycles. The lowest BCUT2D eigenvalue weighted by molar-refractivity contribution is -0.150. The zero-order chi connectivity index (χ0) is 47.2. The summed E-state index contributed by atoms with van der Waals surface area (Å²) >= 11 is 0.